The first kappa shape index (κ1) is 12.2. The zero-order valence-corrected chi connectivity index (χ0v) is 9.78. The first-order valence-electron chi connectivity index (χ1n) is 4.46. The maximum Gasteiger partial charge on any atom is 0.246 e. The molecule has 1 heterocycles. The highest BCUT2D eigenvalue weighted by Gasteiger charge is 2.25. The molecule has 1 atom stereocenters. The Balaban J connectivity index is 2.88. The van der Waals surface area contributed by atoms with Crippen LogP contribution in [0.25, 0.3) is 0 Å². The molecular formula is C8H15N3O3S. The van der Waals surface area contributed by atoms with Crippen LogP contribution in [-0.2, 0) is 14.8 Å². The number of sulfonamides is 1. The van der Waals surface area contributed by atoms with E-state index in [9.17, 15) is 8.42 Å². The molecule has 6 nitrogen and oxygen atoms in total. The first-order valence-corrected chi connectivity index (χ1v) is 5.90. The van der Waals surface area contributed by atoms with E-state index in [-0.39, 0.29) is 10.9 Å². The highest BCUT2D eigenvalue weighted by molar-refractivity contribution is 7.89. The molecule has 1 aromatic rings. The molecule has 0 amide bonds. The van der Waals surface area contributed by atoms with Gasteiger partial charge in [-0.2, -0.15) is 9.40 Å². The topological polar surface area (TPSA) is 75.3 Å². The minimum Gasteiger partial charge on any atom is -0.383 e. The number of aromatic amines is 1. The summed E-state index contributed by atoms with van der Waals surface area (Å²) < 4.78 is 30.0. The molecule has 1 rings (SSSR count). The number of nitrogens with one attached hydrogen (secondary N) is 1. The number of nitrogens with zero attached hydrogens (tertiary/aromatic N) is 2. The quantitative estimate of drug-likeness (QED) is 0.780. The zero-order valence-electron chi connectivity index (χ0n) is 8.97. The third-order valence-electron chi connectivity index (χ3n) is 2.18. The molecule has 0 bridgehead atoms. The standard InChI is InChI=1S/C8H15N3O3S/c1-7(6-14-3)11(2)15(12,13)8-4-9-10-5-8/h4-5,7H,6H2,1-3H3,(H,9,10). The fourth-order valence-electron chi connectivity index (χ4n) is 1.13. The zero-order chi connectivity index (χ0) is 11.5. The number of hydrogen-bond acceptors (Lipinski definition) is 4. The van der Waals surface area contributed by atoms with Crippen molar-refractivity contribution < 1.29 is 13.2 Å². The lowest BCUT2D eigenvalue weighted by molar-refractivity contribution is 0.149. The maximum atomic E-state index is 11.9. The summed E-state index contributed by atoms with van der Waals surface area (Å²) in [6, 6.07) is -0.213. The lowest BCUT2D eigenvalue weighted by Gasteiger charge is -2.22. The van der Waals surface area contributed by atoms with Crippen molar-refractivity contribution in [1.29, 1.82) is 0 Å². The lowest BCUT2D eigenvalue weighted by atomic mass is 10.4. The summed E-state index contributed by atoms with van der Waals surface area (Å²) in [7, 11) is -0.401. The van der Waals surface area contributed by atoms with Gasteiger partial charge in [-0.15, -0.1) is 0 Å². The van der Waals surface area contributed by atoms with Gasteiger partial charge < -0.3 is 4.74 Å². The number of hydrogen-bond donors (Lipinski definition) is 1. The predicted molar refractivity (Wildman–Crippen MR) is 54.9 cm³/mol. The van der Waals surface area contributed by atoms with Gasteiger partial charge in [0.15, 0.2) is 0 Å². The van der Waals surface area contributed by atoms with E-state index in [2.05, 4.69) is 10.2 Å². The van der Waals surface area contributed by atoms with Crippen LogP contribution in [0.3, 0.4) is 0 Å². The number of methoxy groups -OCH3 is 1. The van der Waals surface area contributed by atoms with Crippen molar-refractivity contribution in [2.45, 2.75) is 17.9 Å². The highest BCUT2D eigenvalue weighted by atomic mass is 32.2. The molecule has 0 radical (unpaired) electrons. The summed E-state index contributed by atoms with van der Waals surface area (Å²) in [5, 5.41) is 6.09. The van der Waals surface area contributed by atoms with E-state index in [1.54, 1.807) is 6.92 Å². The number of rotatable bonds is 5. The van der Waals surface area contributed by atoms with Gasteiger partial charge in [0, 0.05) is 26.4 Å². The Morgan fingerprint density at radius 1 is 1.67 bits per heavy atom. The van der Waals surface area contributed by atoms with E-state index in [4.69, 9.17) is 4.74 Å². The summed E-state index contributed by atoms with van der Waals surface area (Å²) in [6.45, 7) is 2.13. The third kappa shape index (κ3) is 2.55. The number of H-pyrrole nitrogens is 1. The van der Waals surface area contributed by atoms with Crippen LogP contribution in [0.5, 0.6) is 0 Å². The fourth-order valence-corrected chi connectivity index (χ4v) is 2.38. The highest BCUT2D eigenvalue weighted by Crippen LogP contribution is 2.14. The molecule has 0 saturated heterocycles. The van der Waals surface area contributed by atoms with E-state index in [1.165, 1.54) is 30.9 Å². The number of likely N-dealkylation sites (N-methyl/N-ethyl adjacent to an activating group) is 1. The Bertz CT molecular complexity index is 387. The maximum absolute atomic E-state index is 11.9. The normalized spacial score (nSPS) is 14.4. The predicted octanol–water partition coefficient (Wildman–Crippen LogP) is 0.0651. The van der Waals surface area contributed by atoms with Gasteiger partial charge in [0.2, 0.25) is 10.0 Å². The van der Waals surface area contributed by atoms with Crippen LogP contribution in [0.2, 0.25) is 0 Å². The summed E-state index contributed by atoms with van der Waals surface area (Å²) in [5.41, 5.74) is 0. The summed E-state index contributed by atoms with van der Waals surface area (Å²) >= 11 is 0. The Labute approximate surface area is 89.3 Å². The van der Waals surface area contributed by atoms with E-state index in [1.807, 2.05) is 0 Å². The van der Waals surface area contributed by atoms with Gasteiger partial charge in [-0.05, 0) is 6.92 Å². The molecule has 0 aliphatic rings. The molecule has 15 heavy (non-hydrogen) atoms. The van der Waals surface area contributed by atoms with Crippen molar-refractivity contribution >= 4 is 10.0 Å². The molecule has 1 unspecified atom stereocenters. The number of aromatic nitrogens is 2. The Kier molecular flexibility index (Phi) is 3.83. The van der Waals surface area contributed by atoms with Gasteiger partial charge in [0.25, 0.3) is 0 Å². The second kappa shape index (κ2) is 4.73. The second-order valence-electron chi connectivity index (χ2n) is 3.26. The molecule has 0 aromatic carbocycles. The summed E-state index contributed by atoms with van der Waals surface area (Å²) in [6.07, 6.45) is 2.64. The van der Waals surface area contributed by atoms with Gasteiger partial charge in [0.05, 0.1) is 12.8 Å². The number of ether oxygens (including phenoxy) is 1. The summed E-state index contributed by atoms with van der Waals surface area (Å²) in [5.74, 6) is 0. The molecule has 0 aliphatic heterocycles. The van der Waals surface area contributed by atoms with Crippen LogP contribution < -0.4 is 0 Å². The first-order chi connectivity index (χ1) is 7.00. The fraction of sp³-hybridized carbons (Fsp3) is 0.625. The van der Waals surface area contributed by atoms with Crippen LogP contribution >= 0.6 is 0 Å². The van der Waals surface area contributed by atoms with Gasteiger partial charge >= 0.3 is 0 Å². The molecule has 86 valence electrons. The third-order valence-corrected chi connectivity index (χ3v) is 4.12. The van der Waals surface area contributed by atoms with Crippen molar-refractivity contribution in [2.75, 3.05) is 20.8 Å². The molecule has 7 heteroatoms. The van der Waals surface area contributed by atoms with Crippen molar-refractivity contribution in [2.24, 2.45) is 0 Å². The van der Waals surface area contributed by atoms with Crippen LogP contribution in [0.15, 0.2) is 17.3 Å². The van der Waals surface area contributed by atoms with Crippen LogP contribution in [0, 0.1) is 0 Å². The average molecular weight is 233 g/mol. The van der Waals surface area contributed by atoms with Crippen molar-refractivity contribution in [3.63, 3.8) is 0 Å². The molecular weight excluding hydrogens is 218 g/mol. The van der Waals surface area contributed by atoms with Crippen LogP contribution in [-0.4, -0.2) is 49.7 Å². The SMILES string of the molecule is COCC(C)N(C)S(=O)(=O)c1cn[nH]c1. The summed E-state index contributed by atoms with van der Waals surface area (Å²) in [4.78, 5) is 0.160. The van der Waals surface area contributed by atoms with E-state index in [0.717, 1.165) is 0 Å². The Morgan fingerprint density at radius 2 is 2.33 bits per heavy atom. The van der Waals surface area contributed by atoms with Gasteiger partial charge in [0.1, 0.15) is 4.90 Å². The minimum absolute atomic E-state index is 0.160. The van der Waals surface area contributed by atoms with Crippen LogP contribution in [0.4, 0.5) is 0 Å². The molecule has 0 saturated carbocycles. The van der Waals surface area contributed by atoms with Gasteiger partial charge in [-0.25, -0.2) is 8.42 Å². The Morgan fingerprint density at radius 3 is 2.80 bits per heavy atom. The molecule has 0 aliphatic carbocycles. The largest absolute Gasteiger partial charge is 0.383 e. The monoisotopic (exact) mass is 233 g/mol. The smallest absolute Gasteiger partial charge is 0.246 e. The second-order valence-corrected chi connectivity index (χ2v) is 5.26. The Hall–Kier alpha value is -0.920. The van der Waals surface area contributed by atoms with Gasteiger partial charge in [-0.3, -0.25) is 5.10 Å². The molecule has 1 N–H and O–H groups in total. The lowest BCUT2D eigenvalue weighted by Crippen LogP contribution is -2.37. The van der Waals surface area contributed by atoms with Gasteiger partial charge in [-0.1, -0.05) is 0 Å². The average Bonchev–Trinajstić information content (AvgIpc) is 2.70. The van der Waals surface area contributed by atoms with Crippen LogP contribution in [0.1, 0.15) is 6.92 Å². The molecule has 0 spiro atoms. The molecule has 1 aromatic heterocycles. The van der Waals surface area contributed by atoms with Crippen molar-refractivity contribution in [3.05, 3.63) is 12.4 Å². The van der Waals surface area contributed by atoms with E-state index < -0.39 is 10.0 Å². The minimum atomic E-state index is -3.46. The van der Waals surface area contributed by atoms with E-state index >= 15 is 0 Å². The van der Waals surface area contributed by atoms with Crippen molar-refractivity contribution in [1.82, 2.24) is 14.5 Å². The van der Waals surface area contributed by atoms with E-state index in [0.29, 0.717) is 6.61 Å². The van der Waals surface area contributed by atoms with Crippen molar-refractivity contribution in [3.8, 4) is 0 Å². The molecule has 0 fully saturated rings.